The molecule has 2 heterocycles. The van der Waals surface area contributed by atoms with Crippen molar-refractivity contribution >= 4 is 34.2 Å². The molecule has 174 valence electrons. The molecule has 12 heteroatoms. The summed E-state index contributed by atoms with van der Waals surface area (Å²) >= 11 is 0. The lowest BCUT2D eigenvalue weighted by Gasteiger charge is -2.16. The highest BCUT2D eigenvalue weighted by Gasteiger charge is 2.35. The van der Waals surface area contributed by atoms with Gasteiger partial charge in [0.2, 0.25) is 0 Å². The Kier molecular flexibility index (Phi) is 6.06. The Morgan fingerprint density at radius 2 is 2.06 bits per heavy atom. The van der Waals surface area contributed by atoms with Crippen molar-refractivity contribution in [3.05, 3.63) is 74.2 Å². The van der Waals surface area contributed by atoms with Crippen LogP contribution >= 0.6 is 0 Å². The van der Waals surface area contributed by atoms with Gasteiger partial charge in [0.1, 0.15) is 11.5 Å². The number of benzene rings is 2. The number of aromatic amines is 1. The minimum atomic E-state index is -0.763. The SMILES string of the molecule is COC(=O)C1=C(Nc2cc([N+](=O)[O-])ccc2-c2nc3ccccc3c(=O)[nH]2)C(=O)N(CCO)C1. The first-order valence-corrected chi connectivity index (χ1v) is 10.1. The molecule has 0 bridgehead atoms. The lowest BCUT2D eigenvalue weighted by Crippen LogP contribution is -2.31. The van der Waals surface area contributed by atoms with Crippen molar-refractivity contribution in [2.75, 3.05) is 32.1 Å². The second kappa shape index (κ2) is 9.11. The van der Waals surface area contributed by atoms with Gasteiger partial charge in [-0.1, -0.05) is 12.1 Å². The van der Waals surface area contributed by atoms with Crippen LogP contribution in [0.3, 0.4) is 0 Å². The van der Waals surface area contributed by atoms with Gasteiger partial charge in [0.05, 0.1) is 47.3 Å². The number of fused-ring (bicyclic) bond motifs is 1. The van der Waals surface area contributed by atoms with Crippen molar-refractivity contribution in [1.29, 1.82) is 0 Å². The number of non-ortho nitro benzene ring substituents is 1. The van der Waals surface area contributed by atoms with E-state index >= 15 is 0 Å². The highest BCUT2D eigenvalue weighted by Crippen LogP contribution is 2.32. The molecule has 0 aliphatic carbocycles. The molecule has 0 atom stereocenters. The number of esters is 1. The zero-order chi connectivity index (χ0) is 24.4. The molecule has 0 radical (unpaired) electrons. The van der Waals surface area contributed by atoms with Crippen LogP contribution in [0.15, 0.2) is 58.5 Å². The maximum Gasteiger partial charge on any atom is 0.337 e. The Morgan fingerprint density at radius 1 is 1.29 bits per heavy atom. The number of β-amino-alcohol motifs (C(OH)–C–C–N with tert-alkyl or cyclic N) is 1. The number of carbonyl (C=O) groups excluding carboxylic acids is 2. The first-order valence-electron chi connectivity index (χ1n) is 10.1. The summed E-state index contributed by atoms with van der Waals surface area (Å²) < 4.78 is 4.77. The molecule has 0 unspecified atom stereocenters. The summed E-state index contributed by atoms with van der Waals surface area (Å²) in [5.74, 6) is -1.24. The van der Waals surface area contributed by atoms with E-state index in [1.807, 2.05) is 0 Å². The predicted octanol–water partition coefficient (Wildman–Crippen LogP) is 1.17. The topological polar surface area (TPSA) is 168 Å². The number of rotatable bonds is 7. The molecule has 0 saturated heterocycles. The predicted molar refractivity (Wildman–Crippen MR) is 121 cm³/mol. The number of nitro groups is 1. The van der Waals surface area contributed by atoms with Gasteiger partial charge in [-0.2, -0.15) is 0 Å². The van der Waals surface area contributed by atoms with Gasteiger partial charge in [-0.15, -0.1) is 0 Å². The zero-order valence-electron chi connectivity index (χ0n) is 17.9. The fraction of sp³-hybridized carbons (Fsp3) is 0.182. The van der Waals surface area contributed by atoms with Gasteiger partial charge in [-0.3, -0.25) is 19.7 Å². The number of nitro benzene ring substituents is 1. The van der Waals surface area contributed by atoms with E-state index in [2.05, 4.69) is 15.3 Å². The third-order valence-electron chi connectivity index (χ3n) is 5.30. The van der Waals surface area contributed by atoms with Gasteiger partial charge in [0, 0.05) is 24.2 Å². The average Bonchev–Trinajstić information content (AvgIpc) is 3.13. The van der Waals surface area contributed by atoms with Gasteiger partial charge in [0.25, 0.3) is 17.2 Å². The van der Waals surface area contributed by atoms with Gasteiger partial charge >= 0.3 is 5.97 Å². The zero-order valence-corrected chi connectivity index (χ0v) is 17.9. The Labute approximate surface area is 191 Å². The number of H-pyrrole nitrogens is 1. The van der Waals surface area contributed by atoms with Crippen molar-refractivity contribution in [1.82, 2.24) is 14.9 Å². The Morgan fingerprint density at radius 3 is 2.76 bits per heavy atom. The monoisotopic (exact) mass is 465 g/mol. The molecule has 0 fully saturated rings. The van der Waals surface area contributed by atoms with Crippen LogP contribution in [0.2, 0.25) is 0 Å². The van der Waals surface area contributed by atoms with E-state index in [-0.39, 0.29) is 53.7 Å². The third kappa shape index (κ3) is 4.09. The highest BCUT2D eigenvalue weighted by atomic mass is 16.6. The number of amides is 1. The number of anilines is 1. The molecule has 1 aliphatic heterocycles. The number of para-hydroxylation sites is 1. The van der Waals surface area contributed by atoms with Crippen molar-refractivity contribution in [3.63, 3.8) is 0 Å². The van der Waals surface area contributed by atoms with Gasteiger partial charge in [-0.05, 0) is 18.2 Å². The molecule has 0 spiro atoms. The molecule has 2 aromatic carbocycles. The summed E-state index contributed by atoms with van der Waals surface area (Å²) in [5.41, 5.74) is -0.103. The molecular formula is C22H19N5O7. The van der Waals surface area contributed by atoms with E-state index in [9.17, 15) is 29.6 Å². The van der Waals surface area contributed by atoms with Crippen molar-refractivity contribution < 1.29 is 24.4 Å². The Bertz CT molecular complexity index is 1410. The number of hydrogen-bond donors (Lipinski definition) is 3. The molecule has 4 rings (SSSR count). The van der Waals surface area contributed by atoms with Gasteiger partial charge < -0.3 is 25.0 Å². The van der Waals surface area contributed by atoms with Crippen LogP contribution in [-0.4, -0.2) is 63.6 Å². The first-order chi connectivity index (χ1) is 16.3. The summed E-state index contributed by atoms with van der Waals surface area (Å²) in [5, 5.41) is 23.8. The molecule has 1 amide bonds. The number of carbonyl (C=O) groups is 2. The number of ether oxygens (including phenoxy) is 1. The third-order valence-corrected chi connectivity index (χ3v) is 5.30. The summed E-state index contributed by atoms with van der Waals surface area (Å²) in [6, 6.07) is 10.5. The van der Waals surface area contributed by atoms with E-state index in [1.54, 1.807) is 24.3 Å². The van der Waals surface area contributed by atoms with Crippen molar-refractivity contribution in [2.24, 2.45) is 0 Å². The minimum absolute atomic E-state index is 0.00151. The smallest absolute Gasteiger partial charge is 0.337 e. The second-order valence-electron chi connectivity index (χ2n) is 7.34. The number of aliphatic hydroxyl groups excluding tert-OH is 1. The fourth-order valence-electron chi connectivity index (χ4n) is 3.65. The molecule has 1 aromatic heterocycles. The number of aromatic nitrogens is 2. The molecule has 34 heavy (non-hydrogen) atoms. The first kappa shape index (κ1) is 22.6. The minimum Gasteiger partial charge on any atom is -0.466 e. The Hall–Kier alpha value is -4.58. The van der Waals surface area contributed by atoms with E-state index in [0.29, 0.717) is 10.9 Å². The van der Waals surface area contributed by atoms with Crippen LogP contribution in [-0.2, 0) is 14.3 Å². The normalized spacial score (nSPS) is 13.5. The van der Waals surface area contributed by atoms with E-state index in [4.69, 9.17) is 4.74 Å². The van der Waals surface area contributed by atoms with Gasteiger partial charge in [0.15, 0.2) is 0 Å². The maximum atomic E-state index is 12.9. The molecule has 0 saturated carbocycles. The summed E-state index contributed by atoms with van der Waals surface area (Å²) in [6.07, 6.45) is 0. The summed E-state index contributed by atoms with van der Waals surface area (Å²) in [6.45, 7) is -0.451. The lowest BCUT2D eigenvalue weighted by molar-refractivity contribution is -0.384. The van der Waals surface area contributed by atoms with E-state index < -0.39 is 22.4 Å². The van der Waals surface area contributed by atoms with Gasteiger partial charge in [-0.25, -0.2) is 9.78 Å². The fourth-order valence-corrected chi connectivity index (χ4v) is 3.65. The molecular weight excluding hydrogens is 446 g/mol. The van der Waals surface area contributed by atoms with Crippen LogP contribution in [0.1, 0.15) is 0 Å². The second-order valence-corrected chi connectivity index (χ2v) is 7.34. The van der Waals surface area contributed by atoms with Crippen LogP contribution in [0.25, 0.3) is 22.3 Å². The highest BCUT2D eigenvalue weighted by molar-refractivity contribution is 6.09. The molecule has 12 nitrogen and oxygen atoms in total. The molecule has 3 N–H and O–H groups in total. The van der Waals surface area contributed by atoms with Crippen molar-refractivity contribution in [2.45, 2.75) is 0 Å². The summed E-state index contributed by atoms with van der Waals surface area (Å²) in [7, 11) is 1.16. The maximum absolute atomic E-state index is 12.9. The number of hydrogen-bond acceptors (Lipinski definition) is 9. The molecule has 3 aromatic rings. The van der Waals surface area contributed by atoms with Crippen LogP contribution in [0.5, 0.6) is 0 Å². The number of nitrogens with one attached hydrogen (secondary N) is 2. The van der Waals surface area contributed by atoms with E-state index in [1.165, 1.54) is 23.1 Å². The van der Waals surface area contributed by atoms with E-state index in [0.717, 1.165) is 7.11 Å². The largest absolute Gasteiger partial charge is 0.466 e. The number of methoxy groups -OCH3 is 1. The average molecular weight is 465 g/mol. The summed E-state index contributed by atoms with van der Waals surface area (Å²) in [4.78, 5) is 56.9. The Balaban J connectivity index is 1.87. The number of nitrogens with zero attached hydrogens (tertiary/aromatic N) is 3. The van der Waals surface area contributed by atoms with Crippen LogP contribution in [0, 0.1) is 10.1 Å². The number of aliphatic hydroxyl groups is 1. The standard InChI is InChI=1S/C22H19N5O7/c1-34-22(31)15-11-26(8-9-28)21(30)18(15)23-17-10-12(27(32)33)6-7-13(17)19-24-16-5-3-2-4-14(16)20(29)25-19/h2-7,10,23,28H,8-9,11H2,1H3,(H,24,25,29). The van der Waals surface area contributed by atoms with Crippen LogP contribution in [0.4, 0.5) is 11.4 Å². The molecule has 1 aliphatic rings. The lowest BCUT2D eigenvalue weighted by atomic mass is 10.1. The van der Waals surface area contributed by atoms with Crippen LogP contribution < -0.4 is 10.9 Å². The quantitative estimate of drug-likeness (QED) is 0.263. The van der Waals surface area contributed by atoms with Crippen molar-refractivity contribution in [3.8, 4) is 11.4 Å².